The molecule has 2 heterocycles. The minimum absolute atomic E-state index is 0.233. The number of hydrogen-bond acceptors (Lipinski definition) is 3. The van der Waals surface area contributed by atoms with Gasteiger partial charge >= 0.3 is 0 Å². The smallest absolute Gasteiger partial charge is 0.231 e. The van der Waals surface area contributed by atoms with E-state index in [1.54, 1.807) is 0 Å². The first-order chi connectivity index (χ1) is 12.2. The zero-order chi connectivity index (χ0) is 17.2. The van der Waals surface area contributed by atoms with Crippen molar-refractivity contribution >= 4 is 22.5 Å². The molecule has 0 radical (unpaired) electrons. The second kappa shape index (κ2) is 6.73. The van der Waals surface area contributed by atoms with E-state index in [9.17, 15) is 4.79 Å². The fraction of sp³-hybridized carbons (Fsp3) is 0.286. The van der Waals surface area contributed by atoms with Gasteiger partial charge in [-0.2, -0.15) is 0 Å². The highest BCUT2D eigenvalue weighted by atomic mass is 16.2. The molecule has 25 heavy (non-hydrogen) atoms. The average Bonchev–Trinajstić information content (AvgIpc) is 2.94. The highest BCUT2D eigenvalue weighted by molar-refractivity contribution is 5.96. The van der Waals surface area contributed by atoms with Gasteiger partial charge in [-0.1, -0.05) is 30.3 Å². The van der Waals surface area contributed by atoms with Crippen molar-refractivity contribution in [3.63, 3.8) is 0 Å². The van der Waals surface area contributed by atoms with E-state index in [1.807, 2.05) is 28.8 Å². The van der Waals surface area contributed by atoms with Crippen LogP contribution in [0.25, 0.3) is 10.9 Å². The van der Waals surface area contributed by atoms with E-state index in [0.717, 1.165) is 43.6 Å². The molecule has 4 heteroatoms. The van der Waals surface area contributed by atoms with E-state index >= 15 is 0 Å². The average molecular weight is 333 g/mol. The molecule has 0 aliphatic carbocycles. The van der Waals surface area contributed by atoms with Gasteiger partial charge in [-0.15, -0.1) is 0 Å². The van der Waals surface area contributed by atoms with E-state index in [-0.39, 0.29) is 5.91 Å². The molecule has 0 atom stereocenters. The van der Waals surface area contributed by atoms with Gasteiger partial charge in [0, 0.05) is 29.7 Å². The molecule has 1 aliphatic rings. The second-order valence-electron chi connectivity index (χ2n) is 6.70. The fourth-order valence-corrected chi connectivity index (χ4v) is 3.85. The minimum atomic E-state index is 0.233. The highest BCUT2D eigenvalue weighted by Gasteiger charge is 2.23. The third kappa shape index (κ3) is 3.05. The number of para-hydroxylation sites is 1. The summed E-state index contributed by atoms with van der Waals surface area (Å²) in [6.07, 6.45) is 3.53. The molecule has 4 nitrogen and oxygen atoms in total. The molecular formula is C21H23N3O. The summed E-state index contributed by atoms with van der Waals surface area (Å²) in [5.74, 6) is 0.233. The number of hydrogen-bond donors (Lipinski definition) is 2. The molecule has 0 fully saturated rings. The number of nitrogen functional groups attached to an aromatic ring is 1. The lowest BCUT2D eigenvalue weighted by Crippen LogP contribution is -2.21. The molecule has 1 aromatic heterocycles. The van der Waals surface area contributed by atoms with Crippen molar-refractivity contribution < 1.29 is 4.79 Å². The summed E-state index contributed by atoms with van der Waals surface area (Å²) in [5.41, 5.74) is 11.4. The largest absolute Gasteiger partial charge is 0.399 e. The van der Waals surface area contributed by atoms with E-state index in [2.05, 4.69) is 29.6 Å². The number of rotatable bonds is 5. The predicted octanol–water partition coefficient (Wildman–Crippen LogP) is 3.53. The number of nitrogens with one attached hydrogen (secondary N) is 1. The number of nitrogens with two attached hydrogens (primary N) is 1. The number of carbonyl (C=O) groups is 1. The van der Waals surface area contributed by atoms with Crippen LogP contribution >= 0.6 is 0 Å². The Kier molecular flexibility index (Phi) is 4.28. The van der Waals surface area contributed by atoms with Crippen LogP contribution in [0.2, 0.25) is 0 Å². The van der Waals surface area contributed by atoms with E-state index in [4.69, 9.17) is 5.73 Å². The Labute approximate surface area is 147 Å². The topological polar surface area (TPSA) is 60.0 Å². The lowest BCUT2D eigenvalue weighted by molar-refractivity contribution is 0.0889. The molecule has 0 amide bonds. The molecule has 0 saturated carbocycles. The van der Waals surface area contributed by atoms with Crippen LogP contribution in [0, 0.1) is 0 Å². The van der Waals surface area contributed by atoms with Gasteiger partial charge in [0.1, 0.15) is 0 Å². The molecule has 0 bridgehead atoms. The summed E-state index contributed by atoms with van der Waals surface area (Å²) in [7, 11) is 0. The first kappa shape index (κ1) is 15.9. The number of anilines is 1. The molecule has 2 aromatic carbocycles. The van der Waals surface area contributed by atoms with Crippen LogP contribution < -0.4 is 11.1 Å². The number of fused-ring (bicyclic) bond motifs is 3. The fourth-order valence-electron chi connectivity index (χ4n) is 3.85. The van der Waals surface area contributed by atoms with Gasteiger partial charge in [-0.05, 0) is 55.1 Å². The maximum atomic E-state index is 12.4. The maximum Gasteiger partial charge on any atom is 0.231 e. The molecule has 128 valence electrons. The Morgan fingerprint density at radius 3 is 2.84 bits per heavy atom. The van der Waals surface area contributed by atoms with Crippen LogP contribution in [0.1, 0.15) is 34.5 Å². The Bertz CT molecular complexity index is 926. The maximum absolute atomic E-state index is 12.4. The highest BCUT2D eigenvalue weighted by Crippen LogP contribution is 2.30. The van der Waals surface area contributed by atoms with Gasteiger partial charge in [0.15, 0.2) is 0 Å². The van der Waals surface area contributed by atoms with Crippen molar-refractivity contribution in [1.29, 1.82) is 0 Å². The summed E-state index contributed by atoms with van der Waals surface area (Å²) >= 11 is 0. The second-order valence-corrected chi connectivity index (χ2v) is 6.70. The van der Waals surface area contributed by atoms with E-state index < -0.39 is 0 Å². The summed E-state index contributed by atoms with van der Waals surface area (Å²) in [4.78, 5) is 12.4. The van der Waals surface area contributed by atoms with E-state index in [0.29, 0.717) is 6.42 Å². The first-order valence-corrected chi connectivity index (χ1v) is 8.93. The van der Waals surface area contributed by atoms with Crippen LogP contribution in [0.4, 0.5) is 5.69 Å². The molecule has 0 spiro atoms. The van der Waals surface area contributed by atoms with Crippen LogP contribution in [0.15, 0.2) is 48.5 Å². The van der Waals surface area contributed by atoms with Gasteiger partial charge < -0.3 is 11.1 Å². The Hall–Kier alpha value is -2.59. The summed E-state index contributed by atoms with van der Waals surface area (Å²) in [6.45, 7) is 1.68. The Morgan fingerprint density at radius 1 is 1.08 bits per heavy atom. The van der Waals surface area contributed by atoms with Gasteiger partial charge in [0.25, 0.3) is 0 Å². The molecule has 3 N–H and O–H groups in total. The van der Waals surface area contributed by atoms with Crippen LogP contribution in [0.3, 0.4) is 0 Å². The summed E-state index contributed by atoms with van der Waals surface area (Å²) in [6, 6.07) is 16.2. The molecular weight excluding hydrogens is 310 g/mol. The van der Waals surface area contributed by atoms with Crippen molar-refractivity contribution in [2.24, 2.45) is 0 Å². The lowest BCUT2D eigenvalue weighted by atomic mass is 10.0. The van der Waals surface area contributed by atoms with Crippen molar-refractivity contribution in [3.8, 4) is 0 Å². The summed E-state index contributed by atoms with van der Waals surface area (Å²) < 4.78 is 1.95. The van der Waals surface area contributed by atoms with Gasteiger partial charge in [-0.25, -0.2) is 0 Å². The standard InChI is InChI=1S/C21H23N3O/c22-16-6-3-5-15(13-16)14-23-12-11-18-17-7-1-2-8-19(17)24-20(18)9-4-10-21(24)25/h1-3,5-8,13,23H,4,9-12,14,22H2. The first-order valence-electron chi connectivity index (χ1n) is 8.93. The molecule has 4 rings (SSSR count). The number of nitrogens with zero attached hydrogens (tertiary/aromatic N) is 1. The van der Waals surface area contributed by atoms with E-state index in [1.165, 1.54) is 22.2 Å². The Morgan fingerprint density at radius 2 is 1.96 bits per heavy atom. The van der Waals surface area contributed by atoms with Crippen LogP contribution in [0.5, 0.6) is 0 Å². The third-order valence-corrected chi connectivity index (χ3v) is 4.97. The SMILES string of the molecule is Nc1cccc(CNCCc2c3n(c4ccccc24)C(=O)CCC3)c1. The van der Waals surface area contributed by atoms with Gasteiger partial charge in [0.2, 0.25) is 5.91 Å². The third-order valence-electron chi connectivity index (χ3n) is 4.97. The Balaban J connectivity index is 1.53. The zero-order valence-electron chi connectivity index (χ0n) is 14.3. The van der Waals surface area contributed by atoms with Gasteiger partial charge in [0.05, 0.1) is 5.52 Å². The molecule has 0 unspecified atom stereocenters. The normalized spacial score (nSPS) is 14.0. The van der Waals surface area contributed by atoms with Gasteiger partial charge in [-0.3, -0.25) is 9.36 Å². The van der Waals surface area contributed by atoms with Crippen molar-refractivity contribution in [2.45, 2.75) is 32.2 Å². The lowest BCUT2D eigenvalue weighted by Gasteiger charge is -2.16. The molecule has 0 saturated heterocycles. The summed E-state index contributed by atoms with van der Waals surface area (Å²) in [5, 5.41) is 4.72. The molecule has 3 aromatic rings. The zero-order valence-corrected chi connectivity index (χ0v) is 14.3. The van der Waals surface area contributed by atoms with Crippen LogP contribution in [-0.4, -0.2) is 17.0 Å². The van der Waals surface area contributed by atoms with Crippen molar-refractivity contribution in [2.75, 3.05) is 12.3 Å². The quantitative estimate of drug-likeness (QED) is 0.555. The monoisotopic (exact) mass is 333 g/mol. The van der Waals surface area contributed by atoms with Crippen molar-refractivity contribution in [1.82, 2.24) is 9.88 Å². The predicted molar refractivity (Wildman–Crippen MR) is 102 cm³/mol. The minimum Gasteiger partial charge on any atom is -0.399 e. The van der Waals surface area contributed by atoms with Crippen LogP contribution in [-0.2, 0) is 19.4 Å². The molecule has 1 aliphatic heterocycles. The van der Waals surface area contributed by atoms with Crippen molar-refractivity contribution in [3.05, 3.63) is 65.4 Å². The number of aromatic nitrogens is 1. The number of benzene rings is 2. The number of carbonyl (C=O) groups excluding carboxylic acids is 1.